The highest BCUT2D eigenvalue weighted by Gasteiger charge is 2.52. The second kappa shape index (κ2) is 18.5. The fourth-order valence-electron chi connectivity index (χ4n) is 5.76. The van der Waals surface area contributed by atoms with Crippen molar-refractivity contribution in [2.75, 3.05) is 13.2 Å². The molecule has 0 amide bonds. The molecule has 0 radical (unpaired) electrons. The topological polar surface area (TPSA) is 191 Å². The minimum atomic E-state index is -1.74. The van der Waals surface area contributed by atoms with Gasteiger partial charge in [-0.2, -0.15) is 0 Å². The molecule has 5 N–H and O–H groups in total. The first-order chi connectivity index (χ1) is 20.6. The number of fused-ring (bicyclic) bond motifs is 18. The molecular weight excluding hydrogens is 568 g/mol. The van der Waals surface area contributed by atoms with Gasteiger partial charge in [0.2, 0.25) is 0 Å². The largest absolute Gasteiger partial charge is 0.463 e. The monoisotopic (exact) mass is 620 g/mol. The Morgan fingerprint density at radius 1 is 0.721 bits per heavy atom. The van der Waals surface area contributed by atoms with Gasteiger partial charge in [-0.05, 0) is 19.8 Å². The van der Waals surface area contributed by atoms with Crippen LogP contribution in [0, 0.1) is 0 Å². The lowest BCUT2D eigenvalue weighted by molar-refractivity contribution is -0.371. The van der Waals surface area contributed by atoms with Gasteiger partial charge in [0, 0.05) is 13.3 Å². The van der Waals surface area contributed by atoms with Gasteiger partial charge in [0.1, 0.15) is 49.3 Å². The Morgan fingerprint density at radius 2 is 1.28 bits per heavy atom. The normalized spacial score (nSPS) is 40.1. The smallest absolute Gasteiger partial charge is 0.306 e. The average molecular weight is 621 g/mol. The van der Waals surface area contributed by atoms with E-state index in [9.17, 15) is 35.1 Å². The number of ether oxygens (including phenoxy) is 6. The number of carbonyl (C=O) groups is 2. The number of aliphatic hydroxyl groups is 5. The summed E-state index contributed by atoms with van der Waals surface area (Å²) in [4.78, 5) is 23.9. The lowest BCUT2D eigenvalue weighted by Crippen LogP contribution is -2.65. The van der Waals surface area contributed by atoms with Gasteiger partial charge >= 0.3 is 11.9 Å². The fraction of sp³-hybridized carbons (Fsp3) is 0.933. The van der Waals surface area contributed by atoms with Gasteiger partial charge in [0.05, 0.1) is 12.7 Å². The Kier molecular flexibility index (Phi) is 15.5. The molecule has 4 aliphatic heterocycles. The molecule has 0 aliphatic carbocycles. The van der Waals surface area contributed by atoms with E-state index in [1.165, 1.54) is 19.8 Å². The van der Waals surface area contributed by atoms with Crippen LogP contribution in [0.25, 0.3) is 0 Å². The maximum Gasteiger partial charge on any atom is 0.306 e. The molecule has 11 unspecified atom stereocenters. The van der Waals surface area contributed by atoms with Crippen LogP contribution in [0.5, 0.6) is 0 Å². The molecule has 250 valence electrons. The molecule has 0 spiro atoms. The summed E-state index contributed by atoms with van der Waals surface area (Å²) in [5, 5.41) is 53.5. The molecule has 4 saturated heterocycles. The van der Waals surface area contributed by atoms with E-state index in [1.807, 2.05) is 6.92 Å². The molecule has 4 aliphatic rings. The zero-order chi connectivity index (χ0) is 31.4. The summed E-state index contributed by atoms with van der Waals surface area (Å²) in [7, 11) is 0. The number of hydrogen-bond acceptors (Lipinski definition) is 13. The van der Waals surface area contributed by atoms with Crippen LogP contribution in [0.1, 0.15) is 97.3 Å². The summed E-state index contributed by atoms with van der Waals surface area (Å²) in [5.41, 5.74) is 0. The van der Waals surface area contributed by atoms with E-state index in [0.29, 0.717) is 12.8 Å². The first-order valence-electron chi connectivity index (χ1n) is 15.9. The molecule has 13 heteroatoms. The van der Waals surface area contributed by atoms with Gasteiger partial charge in [-0.1, -0.05) is 64.2 Å². The van der Waals surface area contributed by atoms with Crippen LogP contribution in [0.4, 0.5) is 0 Å². The maximum absolute atomic E-state index is 12.5. The van der Waals surface area contributed by atoms with E-state index >= 15 is 0 Å². The second-order valence-electron chi connectivity index (χ2n) is 12.0. The molecule has 11 atom stereocenters. The Balaban J connectivity index is 1.76. The molecule has 2 bridgehead atoms. The SMILES string of the molecule is CC(=O)OCC1OC2OC(C)CCCCCCCCCCCCCC(=O)OC3C(CO)OC(OC2C(O)C1O)C(O)C3O. The highest BCUT2D eigenvalue weighted by atomic mass is 16.8. The first-order valence-corrected chi connectivity index (χ1v) is 15.9. The van der Waals surface area contributed by atoms with Crippen LogP contribution in [0.2, 0.25) is 0 Å². The van der Waals surface area contributed by atoms with Gasteiger partial charge in [-0.3, -0.25) is 9.59 Å². The third-order valence-corrected chi connectivity index (χ3v) is 8.33. The summed E-state index contributed by atoms with van der Waals surface area (Å²) in [5.74, 6) is -1.17. The van der Waals surface area contributed by atoms with Gasteiger partial charge in [0.25, 0.3) is 0 Å². The lowest BCUT2D eigenvalue weighted by atomic mass is 9.97. The molecular formula is C30H52O13. The van der Waals surface area contributed by atoms with Crippen LogP contribution in [0.3, 0.4) is 0 Å². The van der Waals surface area contributed by atoms with E-state index in [4.69, 9.17) is 28.4 Å². The molecule has 0 aromatic rings. The van der Waals surface area contributed by atoms with Crippen LogP contribution < -0.4 is 0 Å². The van der Waals surface area contributed by atoms with Crippen molar-refractivity contribution in [2.45, 2.75) is 165 Å². The summed E-state index contributed by atoms with van der Waals surface area (Å²) < 4.78 is 34.0. The number of hydrogen-bond donors (Lipinski definition) is 5. The van der Waals surface area contributed by atoms with E-state index in [-0.39, 0.29) is 19.1 Å². The van der Waals surface area contributed by atoms with E-state index in [0.717, 1.165) is 51.4 Å². The average Bonchev–Trinajstić information content (AvgIpc) is 2.97. The van der Waals surface area contributed by atoms with Crippen molar-refractivity contribution in [2.24, 2.45) is 0 Å². The third-order valence-electron chi connectivity index (χ3n) is 8.33. The van der Waals surface area contributed by atoms with Crippen molar-refractivity contribution in [1.82, 2.24) is 0 Å². The number of rotatable bonds is 3. The van der Waals surface area contributed by atoms with Crippen molar-refractivity contribution >= 4 is 11.9 Å². The Morgan fingerprint density at radius 3 is 1.88 bits per heavy atom. The van der Waals surface area contributed by atoms with E-state index in [2.05, 4.69) is 0 Å². The van der Waals surface area contributed by atoms with Crippen molar-refractivity contribution in [3.63, 3.8) is 0 Å². The van der Waals surface area contributed by atoms with Gasteiger partial charge in [-0.25, -0.2) is 0 Å². The highest BCUT2D eigenvalue weighted by Crippen LogP contribution is 2.32. The first kappa shape index (κ1) is 36.1. The minimum absolute atomic E-state index is 0.132. The predicted molar refractivity (Wildman–Crippen MR) is 150 cm³/mol. The molecule has 4 fully saturated rings. The summed E-state index contributed by atoms with van der Waals surface area (Å²) in [6, 6.07) is 0. The maximum atomic E-state index is 12.5. The van der Waals surface area contributed by atoms with E-state index < -0.39 is 80.0 Å². The summed E-state index contributed by atoms with van der Waals surface area (Å²) in [6.07, 6.45) is -2.72. The summed E-state index contributed by atoms with van der Waals surface area (Å²) in [6.45, 7) is 2.06. The van der Waals surface area contributed by atoms with Gasteiger partial charge in [0.15, 0.2) is 18.7 Å². The Bertz CT molecular complexity index is 826. The highest BCUT2D eigenvalue weighted by molar-refractivity contribution is 5.69. The molecule has 0 saturated carbocycles. The Labute approximate surface area is 253 Å². The van der Waals surface area contributed by atoms with Crippen LogP contribution in [0.15, 0.2) is 0 Å². The molecule has 0 aromatic carbocycles. The molecule has 0 aromatic heterocycles. The second-order valence-corrected chi connectivity index (χ2v) is 12.0. The zero-order valence-corrected chi connectivity index (χ0v) is 25.5. The molecule has 4 rings (SSSR count). The fourth-order valence-corrected chi connectivity index (χ4v) is 5.76. The van der Waals surface area contributed by atoms with Crippen LogP contribution >= 0.6 is 0 Å². The summed E-state index contributed by atoms with van der Waals surface area (Å²) >= 11 is 0. The lowest BCUT2D eigenvalue weighted by Gasteiger charge is -2.46. The van der Waals surface area contributed by atoms with Crippen molar-refractivity contribution in [1.29, 1.82) is 0 Å². The predicted octanol–water partition coefficient (Wildman–Crippen LogP) is 1.22. The van der Waals surface area contributed by atoms with Crippen LogP contribution in [-0.2, 0) is 38.0 Å². The van der Waals surface area contributed by atoms with Crippen molar-refractivity contribution in [3.8, 4) is 0 Å². The van der Waals surface area contributed by atoms with Crippen molar-refractivity contribution in [3.05, 3.63) is 0 Å². The van der Waals surface area contributed by atoms with Gasteiger partial charge in [-0.15, -0.1) is 0 Å². The Hall–Kier alpha value is -1.42. The third kappa shape index (κ3) is 11.2. The quantitative estimate of drug-likeness (QED) is 0.283. The zero-order valence-electron chi connectivity index (χ0n) is 25.5. The van der Waals surface area contributed by atoms with Crippen molar-refractivity contribution < 1.29 is 63.5 Å². The minimum Gasteiger partial charge on any atom is -0.463 e. The standard InChI is InChI=1S/C30H52O13/c1-18-14-12-10-8-6-4-3-5-7-9-11-13-15-22(33)42-27-20(16-31)40-29(26(37)25(27)36)43-28-24(35)23(34)21(17-38-19(2)32)41-30(28)39-18/h18,20-21,23-31,34-37H,3-17H2,1-2H3. The molecule has 43 heavy (non-hydrogen) atoms. The molecule has 13 nitrogen and oxygen atoms in total. The van der Waals surface area contributed by atoms with Gasteiger partial charge < -0.3 is 54.0 Å². The van der Waals surface area contributed by atoms with E-state index in [1.54, 1.807) is 0 Å². The number of carbonyl (C=O) groups excluding carboxylic acids is 2. The number of aliphatic hydroxyl groups excluding tert-OH is 5. The van der Waals surface area contributed by atoms with Crippen LogP contribution in [-0.4, -0.2) is 118 Å². The molecule has 4 heterocycles. The number of esters is 2.